The normalized spacial score (nSPS) is 16.9. The monoisotopic (exact) mass is 452 g/mol. The van der Waals surface area contributed by atoms with Gasteiger partial charge < -0.3 is 23.4 Å². The molecule has 2 aliphatic heterocycles. The lowest BCUT2D eigenvalue weighted by Gasteiger charge is -2.32. The molecular weight excluding hydrogens is 424 g/mol. The van der Waals surface area contributed by atoms with Crippen molar-refractivity contribution in [1.82, 2.24) is 9.80 Å². The number of hydrogen-bond acceptors (Lipinski definition) is 8. The van der Waals surface area contributed by atoms with Crippen molar-refractivity contribution in [2.45, 2.75) is 6.54 Å². The first kappa shape index (κ1) is 21.8. The number of morpholine rings is 1. The second-order valence-electron chi connectivity index (χ2n) is 8.25. The molecule has 0 N–H and O–H groups in total. The van der Waals surface area contributed by atoms with Gasteiger partial charge in [-0.25, -0.2) is 4.79 Å². The number of methoxy groups -OCH3 is 2. The third kappa shape index (κ3) is 4.42. The average molecular weight is 453 g/mol. The van der Waals surface area contributed by atoms with Crippen LogP contribution in [0.1, 0.15) is 5.56 Å². The van der Waals surface area contributed by atoms with Crippen LogP contribution < -0.4 is 19.8 Å². The quantitative estimate of drug-likeness (QED) is 0.529. The second kappa shape index (κ2) is 9.43. The highest BCUT2D eigenvalue weighted by Gasteiger charge is 2.23. The summed E-state index contributed by atoms with van der Waals surface area (Å²) in [6, 6.07) is 11.1. The number of fused-ring (bicyclic) bond motifs is 3. The number of nitrogens with zero attached hydrogens (tertiary/aromatic N) is 2. The fraction of sp³-hybridized carbons (Fsp3) is 0.400. The van der Waals surface area contributed by atoms with Gasteiger partial charge in [-0.15, -0.1) is 0 Å². The van der Waals surface area contributed by atoms with E-state index in [1.165, 1.54) is 0 Å². The van der Waals surface area contributed by atoms with E-state index in [2.05, 4.69) is 9.80 Å². The molecule has 0 atom stereocenters. The maximum absolute atomic E-state index is 13.0. The zero-order valence-electron chi connectivity index (χ0n) is 19.0. The van der Waals surface area contributed by atoms with E-state index in [0.29, 0.717) is 41.5 Å². The summed E-state index contributed by atoms with van der Waals surface area (Å²) >= 11 is 0. The summed E-state index contributed by atoms with van der Waals surface area (Å²) in [5.74, 6) is 1.98. The minimum Gasteiger partial charge on any atom is -0.497 e. The molecule has 1 saturated heterocycles. The standard InChI is InChI=1S/C25H28N2O6/c1-29-18-4-5-19(23(14-18)30-2)20-13-17-3-6-22-21(24(17)33-25(20)28)15-27(16-32-22)8-7-26-9-11-31-12-10-26/h3-6,13-14H,7-12,15-16H2,1-2H3. The van der Waals surface area contributed by atoms with Crippen molar-refractivity contribution in [3.05, 3.63) is 52.4 Å². The van der Waals surface area contributed by atoms with Crippen molar-refractivity contribution >= 4 is 11.0 Å². The molecule has 0 unspecified atom stereocenters. The van der Waals surface area contributed by atoms with Crippen LogP contribution in [0.3, 0.4) is 0 Å². The lowest BCUT2D eigenvalue weighted by molar-refractivity contribution is 0.0241. The summed E-state index contributed by atoms with van der Waals surface area (Å²) < 4.78 is 28.0. The number of ether oxygens (including phenoxy) is 4. The zero-order chi connectivity index (χ0) is 22.8. The van der Waals surface area contributed by atoms with Crippen LogP contribution in [0.4, 0.5) is 0 Å². The Labute approximate surface area is 192 Å². The lowest BCUT2D eigenvalue weighted by Crippen LogP contribution is -2.43. The molecule has 8 heteroatoms. The first-order valence-corrected chi connectivity index (χ1v) is 11.1. The summed E-state index contributed by atoms with van der Waals surface area (Å²) in [6.45, 7) is 6.52. The fourth-order valence-electron chi connectivity index (χ4n) is 4.40. The van der Waals surface area contributed by atoms with E-state index >= 15 is 0 Å². The van der Waals surface area contributed by atoms with Crippen LogP contribution >= 0.6 is 0 Å². The summed E-state index contributed by atoms with van der Waals surface area (Å²) in [6.07, 6.45) is 0. The van der Waals surface area contributed by atoms with Crippen molar-refractivity contribution in [2.24, 2.45) is 0 Å². The van der Waals surface area contributed by atoms with Crippen molar-refractivity contribution in [1.29, 1.82) is 0 Å². The van der Waals surface area contributed by atoms with Gasteiger partial charge in [-0.2, -0.15) is 0 Å². The van der Waals surface area contributed by atoms with E-state index in [0.717, 1.165) is 56.1 Å². The molecule has 2 aromatic carbocycles. The topological polar surface area (TPSA) is 73.6 Å². The van der Waals surface area contributed by atoms with Gasteiger partial charge >= 0.3 is 5.63 Å². The van der Waals surface area contributed by atoms with E-state index in [1.807, 2.05) is 24.3 Å². The van der Waals surface area contributed by atoms with Crippen molar-refractivity contribution in [2.75, 3.05) is 60.3 Å². The molecule has 3 aromatic rings. The molecule has 33 heavy (non-hydrogen) atoms. The van der Waals surface area contributed by atoms with Crippen LogP contribution in [-0.2, 0) is 11.3 Å². The highest BCUT2D eigenvalue weighted by Crippen LogP contribution is 2.36. The van der Waals surface area contributed by atoms with Crippen LogP contribution in [0.15, 0.2) is 45.6 Å². The molecule has 0 radical (unpaired) electrons. The Morgan fingerprint density at radius 3 is 2.55 bits per heavy atom. The zero-order valence-corrected chi connectivity index (χ0v) is 19.0. The minimum absolute atomic E-state index is 0.412. The van der Waals surface area contributed by atoms with E-state index in [-0.39, 0.29) is 0 Å². The van der Waals surface area contributed by atoms with Gasteiger partial charge in [-0.05, 0) is 30.3 Å². The first-order chi connectivity index (χ1) is 16.2. The molecule has 174 valence electrons. The molecular formula is C25H28N2O6. The number of benzene rings is 2. The molecule has 5 rings (SSSR count). The molecule has 0 bridgehead atoms. The average Bonchev–Trinajstić information content (AvgIpc) is 2.87. The SMILES string of the molecule is COc1ccc(-c2cc3ccc4c(c3oc2=O)CN(CCN2CCOCC2)CO4)c(OC)c1. The fourth-order valence-corrected chi connectivity index (χ4v) is 4.40. The Morgan fingerprint density at radius 2 is 1.76 bits per heavy atom. The highest BCUT2D eigenvalue weighted by molar-refractivity contribution is 5.87. The van der Waals surface area contributed by atoms with Crippen LogP contribution in [0, 0.1) is 0 Å². The summed E-state index contributed by atoms with van der Waals surface area (Å²) in [5.41, 5.74) is 2.18. The smallest absolute Gasteiger partial charge is 0.344 e. The molecule has 1 fully saturated rings. The van der Waals surface area contributed by atoms with Crippen LogP contribution in [0.2, 0.25) is 0 Å². The Morgan fingerprint density at radius 1 is 0.939 bits per heavy atom. The molecule has 1 aromatic heterocycles. The molecule has 0 spiro atoms. The number of rotatable bonds is 6. The van der Waals surface area contributed by atoms with Crippen LogP contribution in [0.25, 0.3) is 22.1 Å². The Bertz CT molecular complexity index is 1200. The second-order valence-corrected chi connectivity index (χ2v) is 8.25. The third-order valence-corrected chi connectivity index (χ3v) is 6.28. The van der Waals surface area contributed by atoms with E-state index < -0.39 is 5.63 Å². The lowest BCUT2D eigenvalue weighted by atomic mass is 10.0. The third-order valence-electron chi connectivity index (χ3n) is 6.28. The van der Waals surface area contributed by atoms with Crippen LogP contribution in [-0.4, -0.2) is 70.1 Å². The van der Waals surface area contributed by atoms with Gasteiger partial charge in [0.15, 0.2) is 0 Å². The van der Waals surface area contributed by atoms with Gasteiger partial charge in [0, 0.05) is 49.7 Å². The molecule has 3 heterocycles. The van der Waals surface area contributed by atoms with Crippen molar-refractivity contribution in [3.63, 3.8) is 0 Å². The maximum Gasteiger partial charge on any atom is 0.344 e. The van der Waals surface area contributed by atoms with Gasteiger partial charge in [0.05, 0.1) is 38.6 Å². The van der Waals surface area contributed by atoms with Crippen molar-refractivity contribution in [3.8, 4) is 28.4 Å². The van der Waals surface area contributed by atoms with E-state index in [1.54, 1.807) is 26.4 Å². The summed E-state index contributed by atoms with van der Waals surface area (Å²) in [7, 11) is 3.16. The Kier molecular flexibility index (Phi) is 6.22. The summed E-state index contributed by atoms with van der Waals surface area (Å²) in [4.78, 5) is 17.7. The van der Waals surface area contributed by atoms with Crippen molar-refractivity contribution < 1.29 is 23.4 Å². The molecule has 0 amide bonds. The molecule has 8 nitrogen and oxygen atoms in total. The Hall–Kier alpha value is -3.07. The van der Waals surface area contributed by atoms with Gasteiger partial charge in [0.2, 0.25) is 0 Å². The van der Waals surface area contributed by atoms with Crippen LogP contribution in [0.5, 0.6) is 17.2 Å². The molecule has 0 saturated carbocycles. The van der Waals surface area contributed by atoms with Gasteiger partial charge in [-0.3, -0.25) is 9.80 Å². The highest BCUT2D eigenvalue weighted by atomic mass is 16.5. The number of hydrogen-bond donors (Lipinski definition) is 0. The van der Waals surface area contributed by atoms with Gasteiger partial charge in [0.25, 0.3) is 0 Å². The van der Waals surface area contributed by atoms with Gasteiger partial charge in [0.1, 0.15) is 29.6 Å². The first-order valence-electron chi connectivity index (χ1n) is 11.1. The van der Waals surface area contributed by atoms with Gasteiger partial charge in [-0.1, -0.05) is 0 Å². The predicted molar refractivity (Wildman–Crippen MR) is 124 cm³/mol. The minimum atomic E-state index is -0.412. The van der Waals surface area contributed by atoms with E-state index in [9.17, 15) is 4.79 Å². The largest absolute Gasteiger partial charge is 0.497 e. The summed E-state index contributed by atoms with van der Waals surface area (Å²) in [5, 5.41) is 0.847. The van der Waals surface area contributed by atoms with E-state index in [4.69, 9.17) is 23.4 Å². The molecule has 2 aliphatic rings. The Balaban J connectivity index is 1.44. The maximum atomic E-state index is 13.0. The molecule has 0 aliphatic carbocycles. The predicted octanol–water partition coefficient (Wildman–Crippen LogP) is 2.96.